The van der Waals surface area contributed by atoms with Crippen molar-refractivity contribution in [3.05, 3.63) is 28.5 Å². The van der Waals surface area contributed by atoms with E-state index in [0.717, 1.165) is 19.3 Å². The minimum Gasteiger partial charge on any atom is -0.327 e. The van der Waals surface area contributed by atoms with E-state index in [1.165, 1.54) is 6.07 Å². The monoisotopic (exact) mass is 300 g/mol. The van der Waals surface area contributed by atoms with Gasteiger partial charge in [-0.1, -0.05) is 12.5 Å². The number of halogens is 2. The predicted octanol–water partition coefficient (Wildman–Crippen LogP) is 2.65. The molecule has 0 bridgehead atoms. The molecular weight excluding hydrogens is 287 g/mol. The van der Waals surface area contributed by atoms with Crippen molar-refractivity contribution in [3.8, 4) is 0 Å². The van der Waals surface area contributed by atoms with Crippen LogP contribution >= 0.6 is 15.9 Å². The molecule has 1 saturated carbocycles. The summed E-state index contributed by atoms with van der Waals surface area (Å²) >= 11 is 3.21. The van der Waals surface area contributed by atoms with Crippen LogP contribution in [-0.4, -0.2) is 11.9 Å². The molecule has 5 heteroatoms. The van der Waals surface area contributed by atoms with E-state index in [1.54, 1.807) is 12.1 Å². The summed E-state index contributed by atoms with van der Waals surface area (Å²) in [5.41, 5.74) is 6.03. The Bertz CT molecular complexity index is 418. The highest BCUT2D eigenvalue weighted by atomic mass is 79.9. The predicted molar refractivity (Wildman–Crippen MR) is 68.0 cm³/mol. The number of carbonyl (C=O) groups excluding carboxylic acids is 1. The molecule has 2 atom stereocenters. The third kappa shape index (κ3) is 2.66. The van der Waals surface area contributed by atoms with Gasteiger partial charge in [-0.2, -0.15) is 0 Å². The van der Waals surface area contributed by atoms with Crippen LogP contribution in [0.25, 0.3) is 0 Å². The minimum atomic E-state index is -0.445. The van der Waals surface area contributed by atoms with Crippen molar-refractivity contribution in [1.82, 2.24) is 0 Å². The number of hydrogen-bond acceptors (Lipinski definition) is 2. The zero-order chi connectivity index (χ0) is 12.4. The number of nitrogens with one attached hydrogen (secondary N) is 1. The Labute approximate surface area is 108 Å². The first-order valence-corrected chi connectivity index (χ1v) is 6.39. The molecule has 0 heterocycles. The molecular formula is C12H14BrFN2O. The van der Waals surface area contributed by atoms with Crippen molar-refractivity contribution in [2.24, 2.45) is 11.7 Å². The highest BCUT2D eigenvalue weighted by Gasteiger charge is 2.30. The van der Waals surface area contributed by atoms with E-state index in [2.05, 4.69) is 21.2 Å². The molecule has 2 rings (SSSR count). The van der Waals surface area contributed by atoms with E-state index in [-0.39, 0.29) is 23.6 Å². The zero-order valence-corrected chi connectivity index (χ0v) is 10.8. The van der Waals surface area contributed by atoms with Gasteiger partial charge in [-0.05, 0) is 40.9 Å². The van der Waals surface area contributed by atoms with Gasteiger partial charge in [-0.15, -0.1) is 0 Å². The summed E-state index contributed by atoms with van der Waals surface area (Å²) in [5.74, 6) is -0.846. The van der Waals surface area contributed by atoms with Crippen molar-refractivity contribution >= 4 is 27.5 Å². The fraction of sp³-hybridized carbons (Fsp3) is 0.417. The summed E-state index contributed by atoms with van der Waals surface area (Å²) in [5, 5.41) is 2.61. The molecule has 1 fully saturated rings. The van der Waals surface area contributed by atoms with Crippen LogP contribution < -0.4 is 11.1 Å². The normalized spacial score (nSPS) is 23.7. The Morgan fingerprint density at radius 1 is 1.47 bits per heavy atom. The summed E-state index contributed by atoms with van der Waals surface area (Å²) in [6, 6.07) is 4.47. The summed E-state index contributed by atoms with van der Waals surface area (Å²) < 4.78 is 14.1. The quantitative estimate of drug-likeness (QED) is 0.882. The molecule has 0 aliphatic heterocycles. The van der Waals surface area contributed by atoms with Gasteiger partial charge in [0, 0.05) is 10.5 Å². The molecule has 0 aromatic heterocycles. The molecule has 1 aromatic carbocycles. The van der Waals surface area contributed by atoms with Gasteiger partial charge in [-0.3, -0.25) is 4.79 Å². The molecule has 2 unspecified atom stereocenters. The van der Waals surface area contributed by atoms with Crippen LogP contribution in [0.15, 0.2) is 22.7 Å². The van der Waals surface area contributed by atoms with Gasteiger partial charge in [0.25, 0.3) is 0 Å². The Balaban J connectivity index is 2.13. The molecule has 92 valence electrons. The standard InChI is InChI=1S/C12H14BrFN2O/c13-8-4-2-5-9(14)11(8)16-12(17)7-3-1-6-10(7)15/h2,4-5,7,10H,1,3,6,15H2,(H,16,17). The van der Waals surface area contributed by atoms with E-state index in [9.17, 15) is 9.18 Å². The smallest absolute Gasteiger partial charge is 0.229 e. The highest BCUT2D eigenvalue weighted by Crippen LogP contribution is 2.29. The first kappa shape index (κ1) is 12.5. The van der Waals surface area contributed by atoms with Crippen molar-refractivity contribution in [2.75, 3.05) is 5.32 Å². The first-order valence-electron chi connectivity index (χ1n) is 5.60. The first-order chi connectivity index (χ1) is 8.09. The van der Waals surface area contributed by atoms with Crippen LogP contribution in [0.1, 0.15) is 19.3 Å². The largest absolute Gasteiger partial charge is 0.327 e. The summed E-state index contributed by atoms with van der Waals surface area (Å²) in [6.45, 7) is 0. The topological polar surface area (TPSA) is 55.1 Å². The molecule has 3 nitrogen and oxygen atoms in total. The molecule has 1 aliphatic carbocycles. The van der Waals surface area contributed by atoms with Crippen molar-refractivity contribution in [2.45, 2.75) is 25.3 Å². The molecule has 3 N–H and O–H groups in total. The number of amides is 1. The Morgan fingerprint density at radius 3 is 2.82 bits per heavy atom. The lowest BCUT2D eigenvalue weighted by atomic mass is 10.0. The lowest BCUT2D eigenvalue weighted by molar-refractivity contribution is -0.120. The van der Waals surface area contributed by atoms with Crippen molar-refractivity contribution in [3.63, 3.8) is 0 Å². The number of rotatable bonds is 2. The third-order valence-corrected chi connectivity index (χ3v) is 3.78. The molecule has 1 aliphatic rings. The van der Waals surface area contributed by atoms with Crippen LogP contribution in [0.5, 0.6) is 0 Å². The van der Waals surface area contributed by atoms with Crippen LogP contribution in [-0.2, 0) is 4.79 Å². The van der Waals surface area contributed by atoms with Gasteiger partial charge < -0.3 is 11.1 Å². The number of benzene rings is 1. The number of anilines is 1. The van der Waals surface area contributed by atoms with E-state index < -0.39 is 5.82 Å². The third-order valence-electron chi connectivity index (χ3n) is 3.12. The number of carbonyl (C=O) groups is 1. The summed E-state index contributed by atoms with van der Waals surface area (Å²) in [7, 11) is 0. The van der Waals surface area contributed by atoms with Gasteiger partial charge in [0.1, 0.15) is 5.82 Å². The van der Waals surface area contributed by atoms with Crippen LogP contribution in [0.2, 0.25) is 0 Å². The van der Waals surface area contributed by atoms with Crippen molar-refractivity contribution < 1.29 is 9.18 Å². The summed E-state index contributed by atoms with van der Waals surface area (Å²) in [4.78, 5) is 12.0. The van der Waals surface area contributed by atoms with Crippen LogP contribution in [0, 0.1) is 11.7 Å². The molecule has 1 amide bonds. The fourth-order valence-corrected chi connectivity index (χ4v) is 2.59. The van der Waals surface area contributed by atoms with E-state index >= 15 is 0 Å². The lowest BCUT2D eigenvalue weighted by Crippen LogP contribution is -2.34. The van der Waals surface area contributed by atoms with Crippen LogP contribution in [0.4, 0.5) is 10.1 Å². The average molecular weight is 301 g/mol. The summed E-state index contributed by atoms with van der Waals surface area (Å²) in [6.07, 6.45) is 2.59. The maximum absolute atomic E-state index is 13.5. The molecule has 17 heavy (non-hydrogen) atoms. The van der Waals surface area contributed by atoms with Gasteiger partial charge in [-0.25, -0.2) is 4.39 Å². The number of nitrogens with two attached hydrogens (primary N) is 1. The Morgan fingerprint density at radius 2 is 2.24 bits per heavy atom. The van der Waals surface area contributed by atoms with E-state index in [1.807, 2.05) is 0 Å². The SMILES string of the molecule is NC1CCCC1C(=O)Nc1c(F)cccc1Br. The maximum atomic E-state index is 13.5. The second-order valence-electron chi connectivity index (χ2n) is 4.29. The highest BCUT2D eigenvalue weighted by molar-refractivity contribution is 9.10. The van der Waals surface area contributed by atoms with Gasteiger partial charge in [0.15, 0.2) is 0 Å². The Kier molecular flexibility index (Phi) is 3.79. The average Bonchev–Trinajstić information content (AvgIpc) is 2.70. The fourth-order valence-electron chi connectivity index (χ4n) is 2.15. The van der Waals surface area contributed by atoms with Gasteiger partial charge in [0.05, 0.1) is 11.6 Å². The molecule has 0 radical (unpaired) electrons. The van der Waals surface area contributed by atoms with Crippen LogP contribution in [0.3, 0.4) is 0 Å². The minimum absolute atomic E-state index is 0.111. The van der Waals surface area contributed by atoms with E-state index in [4.69, 9.17) is 5.73 Å². The second kappa shape index (κ2) is 5.14. The molecule has 0 saturated heterocycles. The number of para-hydroxylation sites is 1. The second-order valence-corrected chi connectivity index (χ2v) is 5.14. The van der Waals surface area contributed by atoms with Gasteiger partial charge in [0.2, 0.25) is 5.91 Å². The molecule has 1 aromatic rings. The Hall–Kier alpha value is -0.940. The number of hydrogen-bond donors (Lipinski definition) is 2. The van der Waals surface area contributed by atoms with Crippen molar-refractivity contribution in [1.29, 1.82) is 0 Å². The van der Waals surface area contributed by atoms with E-state index in [0.29, 0.717) is 4.47 Å². The molecule has 0 spiro atoms. The van der Waals surface area contributed by atoms with Gasteiger partial charge >= 0.3 is 0 Å². The maximum Gasteiger partial charge on any atom is 0.229 e. The zero-order valence-electron chi connectivity index (χ0n) is 9.25. The lowest BCUT2D eigenvalue weighted by Gasteiger charge is -2.16.